The Morgan fingerprint density at radius 1 is 1.06 bits per heavy atom. The molecule has 4 aromatic rings. The fraction of sp³-hybridized carbons (Fsp3) is 0.125. The number of amides is 1. The van der Waals surface area contributed by atoms with E-state index in [0.717, 1.165) is 23.2 Å². The summed E-state index contributed by atoms with van der Waals surface area (Å²) in [5.74, 6) is 0.836. The minimum Gasteiger partial charge on any atom is -0.486 e. The lowest BCUT2D eigenvalue weighted by Crippen LogP contribution is -2.20. The van der Waals surface area contributed by atoms with E-state index in [1.54, 1.807) is 24.3 Å². The summed E-state index contributed by atoms with van der Waals surface area (Å²) < 4.78 is 44.0. The zero-order chi connectivity index (χ0) is 23.3. The fourth-order valence-electron chi connectivity index (χ4n) is 3.14. The number of nitrogens with zero attached hydrogens (tertiary/aromatic N) is 2. The second-order valence-electron chi connectivity index (χ2n) is 7.23. The van der Waals surface area contributed by atoms with Crippen LogP contribution in [0.1, 0.15) is 22.5 Å². The van der Waals surface area contributed by atoms with E-state index in [2.05, 4.69) is 20.5 Å². The van der Waals surface area contributed by atoms with Gasteiger partial charge in [0.1, 0.15) is 18.2 Å². The smallest absolute Gasteiger partial charge is 0.416 e. The highest BCUT2D eigenvalue weighted by atomic mass is 19.4. The number of rotatable bonds is 7. The molecule has 1 amide bonds. The van der Waals surface area contributed by atoms with E-state index in [9.17, 15) is 18.0 Å². The standard InChI is InChI=1S/C24H19F3N4O2/c25-24(26,27)18-5-3-4-17(12-18)13-23(32)31-28-14-16-8-10-19(11-9-16)33-15-22-29-20-6-1-2-7-21(20)30-22/h1-12,14H,13,15H2,(H,29,30)(H,31,32)/b28-14-. The zero-order valence-electron chi connectivity index (χ0n) is 17.3. The maximum Gasteiger partial charge on any atom is 0.416 e. The molecule has 168 valence electrons. The summed E-state index contributed by atoms with van der Waals surface area (Å²) in [7, 11) is 0. The normalized spacial score (nSPS) is 11.7. The SMILES string of the molecule is O=C(Cc1cccc(C(F)(F)F)c1)N/N=C\c1ccc(OCc2nc3ccccc3[nH]2)cc1. The van der Waals surface area contributed by atoms with Gasteiger partial charge in [-0.15, -0.1) is 0 Å². The first-order valence-electron chi connectivity index (χ1n) is 10.0. The topological polar surface area (TPSA) is 79.4 Å². The van der Waals surface area contributed by atoms with Gasteiger partial charge in [0, 0.05) is 0 Å². The Kier molecular flexibility index (Phi) is 6.39. The number of hydrogen-bond acceptors (Lipinski definition) is 4. The van der Waals surface area contributed by atoms with Gasteiger partial charge in [0.15, 0.2) is 0 Å². The van der Waals surface area contributed by atoms with Crippen molar-refractivity contribution in [1.82, 2.24) is 15.4 Å². The minimum absolute atomic E-state index is 0.212. The summed E-state index contributed by atoms with van der Waals surface area (Å²) >= 11 is 0. The molecule has 0 bridgehead atoms. The molecule has 0 spiro atoms. The van der Waals surface area contributed by atoms with Crippen LogP contribution in [0.3, 0.4) is 0 Å². The van der Waals surface area contributed by atoms with Crippen LogP contribution in [-0.2, 0) is 24.0 Å². The molecule has 0 saturated carbocycles. The third kappa shape index (κ3) is 5.97. The first-order valence-corrected chi connectivity index (χ1v) is 10.0. The van der Waals surface area contributed by atoms with E-state index in [0.29, 0.717) is 17.1 Å². The number of fused-ring (bicyclic) bond motifs is 1. The van der Waals surface area contributed by atoms with Crippen LogP contribution in [0, 0.1) is 0 Å². The molecule has 1 heterocycles. The number of halogens is 3. The van der Waals surface area contributed by atoms with Gasteiger partial charge in [-0.3, -0.25) is 4.79 Å². The number of benzene rings is 3. The second kappa shape index (κ2) is 9.56. The number of aromatic nitrogens is 2. The van der Waals surface area contributed by atoms with Gasteiger partial charge in [0.05, 0.1) is 29.2 Å². The summed E-state index contributed by atoms with van der Waals surface area (Å²) in [6.45, 7) is 0.285. The molecule has 3 aromatic carbocycles. The van der Waals surface area contributed by atoms with Crippen molar-refractivity contribution in [2.75, 3.05) is 0 Å². The number of H-pyrrole nitrogens is 1. The van der Waals surface area contributed by atoms with Gasteiger partial charge in [0.2, 0.25) is 5.91 Å². The Labute approximate surface area is 187 Å². The first kappa shape index (κ1) is 22.1. The van der Waals surface area contributed by atoms with Crippen LogP contribution < -0.4 is 10.2 Å². The quantitative estimate of drug-likeness (QED) is 0.311. The van der Waals surface area contributed by atoms with Crippen LogP contribution in [0.4, 0.5) is 13.2 Å². The number of para-hydroxylation sites is 2. The average molecular weight is 452 g/mol. The van der Waals surface area contributed by atoms with Crippen molar-refractivity contribution in [2.45, 2.75) is 19.2 Å². The van der Waals surface area contributed by atoms with E-state index in [1.807, 2.05) is 24.3 Å². The lowest BCUT2D eigenvalue weighted by molar-refractivity contribution is -0.137. The van der Waals surface area contributed by atoms with E-state index in [-0.39, 0.29) is 18.6 Å². The van der Waals surface area contributed by atoms with Crippen LogP contribution in [0.2, 0.25) is 0 Å². The number of ether oxygens (including phenoxy) is 1. The van der Waals surface area contributed by atoms with Gasteiger partial charge in [0.25, 0.3) is 0 Å². The van der Waals surface area contributed by atoms with Gasteiger partial charge in [-0.1, -0.05) is 30.3 Å². The summed E-state index contributed by atoms with van der Waals surface area (Å²) in [6.07, 6.45) is -3.23. The van der Waals surface area contributed by atoms with Gasteiger partial charge >= 0.3 is 6.18 Å². The molecule has 4 rings (SSSR count). The molecule has 0 unspecified atom stereocenters. The van der Waals surface area contributed by atoms with E-state index >= 15 is 0 Å². The molecular formula is C24H19F3N4O2. The first-order chi connectivity index (χ1) is 15.9. The molecule has 2 N–H and O–H groups in total. The van der Waals surface area contributed by atoms with Gasteiger partial charge < -0.3 is 9.72 Å². The van der Waals surface area contributed by atoms with E-state index < -0.39 is 17.6 Å². The predicted octanol–water partition coefficient (Wildman–Crippen LogP) is 4.85. The molecule has 0 radical (unpaired) electrons. The molecule has 0 saturated heterocycles. The van der Waals surface area contributed by atoms with Crippen LogP contribution in [0.25, 0.3) is 11.0 Å². The largest absolute Gasteiger partial charge is 0.486 e. The van der Waals surface area contributed by atoms with E-state index in [1.165, 1.54) is 18.3 Å². The summed E-state index contributed by atoms with van der Waals surface area (Å²) in [6, 6.07) is 19.4. The average Bonchev–Trinajstić information content (AvgIpc) is 3.21. The van der Waals surface area contributed by atoms with Crippen LogP contribution in [0.15, 0.2) is 77.9 Å². The predicted molar refractivity (Wildman–Crippen MR) is 118 cm³/mol. The fourth-order valence-corrected chi connectivity index (χ4v) is 3.14. The third-order valence-electron chi connectivity index (χ3n) is 4.72. The van der Waals surface area contributed by atoms with Crippen molar-refractivity contribution in [1.29, 1.82) is 0 Å². The lowest BCUT2D eigenvalue weighted by atomic mass is 10.1. The molecule has 33 heavy (non-hydrogen) atoms. The van der Waals surface area contributed by atoms with Gasteiger partial charge in [-0.2, -0.15) is 18.3 Å². The number of alkyl halides is 3. The Hall–Kier alpha value is -4.14. The number of hydrazone groups is 1. The second-order valence-corrected chi connectivity index (χ2v) is 7.23. The number of imidazole rings is 1. The number of carbonyl (C=O) groups is 1. The van der Waals surface area contributed by atoms with Gasteiger partial charge in [-0.05, 0) is 53.6 Å². The third-order valence-corrected chi connectivity index (χ3v) is 4.72. The highest BCUT2D eigenvalue weighted by Crippen LogP contribution is 2.29. The Morgan fingerprint density at radius 2 is 1.85 bits per heavy atom. The highest BCUT2D eigenvalue weighted by molar-refractivity contribution is 5.83. The zero-order valence-corrected chi connectivity index (χ0v) is 17.3. The molecular weight excluding hydrogens is 433 g/mol. The molecule has 0 aliphatic heterocycles. The number of nitrogens with one attached hydrogen (secondary N) is 2. The molecule has 0 aliphatic rings. The number of hydrogen-bond donors (Lipinski definition) is 2. The van der Waals surface area contributed by atoms with Crippen molar-refractivity contribution in [3.8, 4) is 5.75 Å². The molecule has 0 aliphatic carbocycles. The maximum atomic E-state index is 12.8. The van der Waals surface area contributed by atoms with Crippen molar-refractivity contribution in [3.05, 3.63) is 95.3 Å². The molecule has 6 nitrogen and oxygen atoms in total. The molecule has 0 atom stereocenters. The summed E-state index contributed by atoms with van der Waals surface area (Å²) in [5, 5.41) is 3.85. The van der Waals surface area contributed by atoms with Crippen molar-refractivity contribution >= 4 is 23.2 Å². The van der Waals surface area contributed by atoms with E-state index in [4.69, 9.17) is 4.74 Å². The Morgan fingerprint density at radius 3 is 2.61 bits per heavy atom. The van der Waals surface area contributed by atoms with Crippen LogP contribution in [0.5, 0.6) is 5.75 Å². The molecule has 9 heteroatoms. The monoisotopic (exact) mass is 452 g/mol. The van der Waals surface area contributed by atoms with Crippen molar-refractivity contribution in [2.24, 2.45) is 5.10 Å². The maximum absolute atomic E-state index is 12.8. The Balaban J connectivity index is 1.27. The summed E-state index contributed by atoms with van der Waals surface area (Å²) in [4.78, 5) is 19.6. The van der Waals surface area contributed by atoms with Crippen molar-refractivity contribution < 1.29 is 22.7 Å². The molecule has 0 fully saturated rings. The molecule has 1 aromatic heterocycles. The summed E-state index contributed by atoms with van der Waals surface area (Å²) in [5.41, 5.74) is 4.31. The van der Waals surface area contributed by atoms with Crippen LogP contribution >= 0.6 is 0 Å². The Bertz CT molecular complexity index is 1250. The highest BCUT2D eigenvalue weighted by Gasteiger charge is 2.30. The van der Waals surface area contributed by atoms with Crippen molar-refractivity contribution in [3.63, 3.8) is 0 Å². The lowest BCUT2D eigenvalue weighted by Gasteiger charge is -2.08. The van der Waals surface area contributed by atoms with Gasteiger partial charge in [-0.25, -0.2) is 10.4 Å². The minimum atomic E-state index is -4.45. The number of carbonyl (C=O) groups excluding carboxylic acids is 1. The van der Waals surface area contributed by atoms with Crippen LogP contribution in [-0.4, -0.2) is 22.1 Å². The number of aromatic amines is 1.